The van der Waals surface area contributed by atoms with Gasteiger partial charge in [-0.15, -0.1) is 0 Å². The highest BCUT2D eigenvalue weighted by Crippen LogP contribution is 2.34. The normalized spacial score (nSPS) is 15.6. The van der Waals surface area contributed by atoms with Crippen molar-refractivity contribution < 1.29 is 9.72 Å². The molecule has 2 rings (SSSR count). The molecular formula is C12H15ClN4O3. The van der Waals surface area contributed by atoms with Crippen molar-refractivity contribution in [3.8, 4) is 0 Å². The predicted molar refractivity (Wildman–Crippen MR) is 75.6 cm³/mol. The molecule has 7 nitrogen and oxygen atoms in total. The van der Waals surface area contributed by atoms with Gasteiger partial charge in [-0.1, -0.05) is 11.6 Å². The molecule has 108 valence electrons. The number of nitro benzene ring substituents is 1. The molecule has 4 N–H and O–H groups in total. The van der Waals surface area contributed by atoms with E-state index in [2.05, 4.69) is 10.7 Å². The molecule has 1 fully saturated rings. The third-order valence-electron chi connectivity index (χ3n) is 3.36. The van der Waals surface area contributed by atoms with Crippen LogP contribution in [-0.2, 0) is 0 Å². The molecule has 1 atom stereocenters. The summed E-state index contributed by atoms with van der Waals surface area (Å²) in [6.45, 7) is 1.92. The van der Waals surface area contributed by atoms with Crippen LogP contribution in [-0.4, -0.2) is 16.9 Å². The van der Waals surface area contributed by atoms with Crippen LogP contribution in [0.15, 0.2) is 12.1 Å². The number of hydrogen-bond donors (Lipinski definition) is 3. The second-order valence-electron chi connectivity index (χ2n) is 4.85. The summed E-state index contributed by atoms with van der Waals surface area (Å²) in [7, 11) is 0. The highest BCUT2D eigenvalue weighted by molar-refractivity contribution is 6.34. The molecule has 1 unspecified atom stereocenters. The first kappa shape index (κ1) is 14.5. The zero-order valence-corrected chi connectivity index (χ0v) is 11.6. The number of carbonyl (C=O) groups excluding carboxylic acids is 1. The van der Waals surface area contributed by atoms with Crippen molar-refractivity contribution in [2.75, 3.05) is 5.43 Å². The van der Waals surface area contributed by atoms with Gasteiger partial charge in [0.05, 0.1) is 9.95 Å². The Labute approximate surface area is 120 Å². The SMILES string of the molecule is CC(NC(=O)c1cc(Cl)c(NN)c([N+](=O)[O-])c1)C1CC1. The topological polar surface area (TPSA) is 110 Å². The number of rotatable bonds is 5. The van der Waals surface area contributed by atoms with Gasteiger partial charge in [-0.2, -0.15) is 0 Å². The second-order valence-corrected chi connectivity index (χ2v) is 5.26. The molecule has 0 saturated heterocycles. The fraction of sp³-hybridized carbons (Fsp3) is 0.417. The Morgan fingerprint density at radius 1 is 1.55 bits per heavy atom. The molecule has 0 radical (unpaired) electrons. The van der Waals surface area contributed by atoms with Gasteiger partial charge in [0.15, 0.2) is 0 Å². The third kappa shape index (κ3) is 3.00. The summed E-state index contributed by atoms with van der Waals surface area (Å²) in [6, 6.07) is 2.57. The van der Waals surface area contributed by atoms with Crippen molar-refractivity contribution in [3.05, 3.63) is 32.8 Å². The Hall–Kier alpha value is -1.86. The Bertz CT molecular complexity index is 560. The molecular weight excluding hydrogens is 284 g/mol. The smallest absolute Gasteiger partial charge is 0.295 e. The van der Waals surface area contributed by atoms with Crippen LogP contribution in [0.5, 0.6) is 0 Å². The molecule has 0 bridgehead atoms. The molecule has 8 heteroatoms. The standard InChI is InChI=1S/C12H15ClN4O3/c1-6(7-2-3-7)15-12(18)8-4-9(13)11(16-14)10(5-8)17(19)20/h4-7,16H,2-3,14H2,1H3,(H,15,18). The maximum absolute atomic E-state index is 12.1. The molecule has 0 aliphatic heterocycles. The second kappa shape index (κ2) is 5.64. The minimum Gasteiger partial charge on any atom is -0.349 e. The van der Waals surface area contributed by atoms with Crippen LogP contribution in [0.3, 0.4) is 0 Å². The van der Waals surface area contributed by atoms with E-state index in [9.17, 15) is 14.9 Å². The summed E-state index contributed by atoms with van der Waals surface area (Å²) in [5.74, 6) is 5.32. The monoisotopic (exact) mass is 298 g/mol. The number of nitro groups is 1. The summed E-state index contributed by atoms with van der Waals surface area (Å²) in [4.78, 5) is 22.4. The maximum Gasteiger partial charge on any atom is 0.295 e. The fourth-order valence-corrected chi connectivity index (χ4v) is 2.28. The van der Waals surface area contributed by atoms with Crippen LogP contribution in [0, 0.1) is 16.0 Å². The zero-order valence-electron chi connectivity index (χ0n) is 10.9. The molecule has 1 saturated carbocycles. The number of anilines is 1. The van der Waals surface area contributed by atoms with Gasteiger partial charge in [0.1, 0.15) is 5.69 Å². The van der Waals surface area contributed by atoms with Crippen molar-refractivity contribution in [2.45, 2.75) is 25.8 Å². The lowest BCUT2D eigenvalue weighted by Gasteiger charge is -2.13. The van der Waals surface area contributed by atoms with Crippen LogP contribution in [0.2, 0.25) is 5.02 Å². The lowest BCUT2D eigenvalue weighted by Crippen LogP contribution is -2.34. The van der Waals surface area contributed by atoms with Crippen molar-refractivity contribution in [1.29, 1.82) is 0 Å². The summed E-state index contributed by atoms with van der Waals surface area (Å²) >= 11 is 5.91. The molecule has 1 aliphatic carbocycles. The Morgan fingerprint density at radius 3 is 2.70 bits per heavy atom. The largest absolute Gasteiger partial charge is 0.349 e. The summed E-state index contributed by atoms with van der Waals surface area (Å²) in [6.07, 6.45) is 2.19. The molecule has 1 aromatic rings. The first-order valence-electron chi connectivity index (χ1n) is 6.19. The van der Waals surface area contributed by atoms with Gasteiger partial charge in [-0.05, 0) is 31.7 Å². The summed E-state index contributed by atoms with van der Waals surface area (Å²) < 4.78 is 0. The van der Waals surface area contributed by atoms with Crippen LogP contribution >= 0.6 is 11.6 Å². The van der Waals surface area contributed by atoms with E-state index in [-0.39, 0.29) is 33.9 Å². The van der Waals surface area contributed by atoms with Crippen molar-refractivity contribution >= 4 is 28.9 Å². The number of nitrogen functional groups attached to an aromatic ring is 1. The maximum atomic E-state index is 12.1. The zero-order chi connectivity index (χ0) is 14.9. The quantitative estimate of drug-likeness (QED) is 0.438. The van der Waals surface area contributed by atoms with Gasteiger partial charge < -0.3 is 10.7 Å². The molecule has 1 aromatic carbocycles. The van der Waals surface area contributed by atoms with E-state index < -0.39 is 4.92 Å². The number of nitrogens with zero attached hydrogens (tertiary/aromatic N) is 1. The number of hydrazine groups is 1. The number of hydrogen-bond acceptors (Lipinski definition) is 5. The first-order chi connectivity index (χ1) is 9.43. The summed E-state index contributed by atoms with van der Waals surface area (Å²) in [5, 5.41) is 13.8. The van der Waals surface area contributed by atoms with Crippen LogP contribution in [0.1, 0.15) is 30.1 Å². The van der Waals surface area contributed by atoms with Crippen LogP contribution < -0.4 is 16.6 Å². The first-order valence-corrected chi connectivity index (χ1v) is 6.57. The predicted octanol–water partition coefficient (Wildman–Crippen LogP) is 2.06. The average Bonchev–Trinajstić information content (AvgIpc) is 3.21. The minimum atomic E-state index is -0.637. The number of nitrogens with one attached hydrogen (secondary N) is 2. The van der Waals surface area contributed by atoms with E-state index in [1.54, 1.807) is 0 Å². The van der Waals surface area contributed by atoms with Gasteiger partial charge in [0, 0.05) is 17.7 Å². The molecule has 1 amide bonds. The van der Waals surface area contributed by atoms with E-state index >= 15 is 0 Å². The van der Waals surface area contributed by atoms with Gasteiger partial charge >= 0.3 is 0 Å². The van der Waals surface area contributed by atoms with Crippen LogP contribution in [0.25, 0.3) is 0 Å². The highest BCUT2D eigenvalue weighted by atomic mass is 35.5. The number of carbonyl (C=O) groups is 1. The van der Waals surface area contributed by atoms with Crippen molar-refractivity contribution in [3.63, 3.8) is 0 Å². The minimum absolute atomic E-state index is 0.0107. The lowest BCUT2D eigenvalue weighted by molar-refractivity contribution is -0.384. The number of halogens is 1. The van der Waals surface area contributed by atoms with E-state index in [4.69, 9.17) is 17.4 Å². The fourth-order valence-electron chi connectivity index (χ4n) is 2.01. The average molecular weight is 299 g/mol. The Morgan fingerprint density at radius 2 is 2.20 bits per heavy atom. The summed E-state index contributed by atoms with van der Waals surface area (Å²) in [5.41, 5.74) is 1.98. The number of nitrogens with two attached hydrogens (primary N) is 1. The van der Waals surface area contributed by atoms with Gasteiger partial charge in [0.2, 0.25) is 0 Å². The van der Waals surface area contributed by atoms with Gasteiger partial charge in [-0.3, -0.25) is 20.8 Å². The number of amides is 1. The van der Waals surface area contributed by atoms with Gasteiger partial charge in [0.25, 0.3) is 11.6 Å². The Balaban J connectivity index is 2.27. The molecule has 0 spiro atoms. The molecule has 20 heavy (non-hydrogen) atoms. The molecule has 0 heterocycles. The number of benzene rings is 1. The van der Waals surface area contributed by atoms with Crippen LogP contribution in [0.4, 0.5) is 11.4 Å². The molecule has 1 aliphatic rings. The third-order valence-corrected chi connectivity index (χ3v) is 3.66. The molecule has 0 aromatic heterocycles. The highest BCUT2D eigenvalue weighted by Gasteiger charge is 2.29. The lowest BCUT2D eigenvalue weighted by atomic mass is 10.1. The van der Waals surface area contributed by atoms with E-state index in [0.717, 1.165) is 18.9 Å². The van der Waals surface area contributed by atoms with E-state index in [1.807, 2.05) is 6.92 Å². The van der Waals surface area contributed by atoms with Gasteiger partial charge in [-0.25, -0.2) is 0 Å². The van der Waals surface area contributed by atoms with E-state index in [0.29, 0.717) is 5.92 Å². The van der Waals surface area contributed by atoms with Crippen molar-refractivity contribution in [2.24, 2.45) is 11.8 Å². The Kier molecular flexibility index (Phi) is 4.10. The van der Waals surface area contributed by atoms with Crippen molar-refractivity contribution in [1.82, 2.24) is 5.32 Å². The van der Waals surface area contributed by atoms with E-state index in [1.165, 1.54) is 6.07 Å².